The van der Waals surface area contributed by atoms with E-state index in [9.17, 15) is 13.7 Å². The van der Waals surface area contributed by atoms with Gasteiger partial charge in [-0.2, -0.15) is 5.26 Å². The molecule has 0 spiro atoms. The maximum atomic E-state index is 12.7. The molecule has 0 N–H and O–H groups in total. The number of allylic oxidation sites excluding steroid dienone is 1. The first-order valence-electron chi connectivity index (χ1n) is 7.73. The van der Waals surface area contributed by atoms with Crippen molar-refractivity contribution < 1.29 is 22.6 Å². The van der Waals surface area contributed by atoms with Gasteiger partial charge in [0.15, 0.2) is 9.84 Å². The van der Waals surface area contributed by atoms with Crippen LogP contribution in [0, 0.1) is 11.3 Å². The molecule has 0 radical (unpaired) electrons. The molecule has 0 aliphatic heterocycles. The van der Waals surface area contributed by atoms with Crippen LogP contribution >= 0.6 is 15.9 Å². The van der Waals surface area contributed by atoms with Crippen LogP contribution in [-0.4, -0.2) is 29.7 Å². The van der Waals surface area contributed by atoms with Crippen LogP contribution in [0.1, 0.15) is 11.1 Å². The number of halogens is 1. The molecule has 142 valence electrons. The number of methoxy groups -OCH3 is 3. The first-order chi connectivity index (χ1) is 12.8. The van der Waals surface area contributed by atoms with Crippen LogP contribution in [0.3, 0.4) is 0 Å². The van der Waals surface area contributed by atoms with Crippen molar-refractivity contribution in [3.8, 4) is 23.3 Å². The minimum absolute atomic E-state index is 0.291. The van der Waals surface area contributed by atoms with Gasteiger partial charge >= 0.3 is 0 Å². The Bertz CT molecular complexity index is 967. The molecule has 0 aliphatic rings. The first kappa shape index (κ1) is 20.8. The molecular formula is C19H18BrNO5S. The van der Waals surface area contributed by atoms with Crippen LogP contribution in [0.15, 0.2) is 45.8 Å². The largest absolute Gasteiger partial charge is 0.496 e. The lowest BCUT2D eigenvalue weighted by Gasteiger charge is -2.13. The van der Waals surface area contributed by atoms with E-state index in [0.29, 0.717) is 28.4 Å². The summed E-state index contributed by atoms with van der Waals surface area (Å²) in [6.07, 6.45) is 1.26. The zero-order valence-electron chi connectivity index (χ0n) is 15.0. The fourth-order valence-corrected chi connectivity index (χ4v) is 3.86. The molecule has 0 heterocycles. The van der Waals surface area contributed by atoms with E-state index in [1.165, 1.54) is 27.4 Å². The summed E-state index contributed by atoms with van der Waals surface area (Å²) in [7, 11) is 0.510. The van der Waals surface area contributed by atoms with E-state index >= 15 is 0 Å². The topological polar surface area (TPSA) is 85.6 Å². The van der Waals surface area contributed by atoms with Gasteiger partial charge in [0.2, 0.25) is 0 Å². The Labute approximate surface area is 167 Å². The van der Waals surface area contributed by atoms with Crippen molar-refractivity contribution in [2.75, 3.05) is 21.3 Å². The van der Waals surface area contributed by atoms with Gasteiger partial charge in [-0.25, -0.2) is 8.42 Å². The maximum absolute atomic E-state index is 12.7. The molecule has 2 aromatic carbocycles. The van der Waals surface area contributed by atoms with Crippen LogP contribution in [0.2, 0.25) is 0 Å². The highest BCUT2D eigenvalue weighted by atomic mass is 79.9. The molecule has 0 saturated heterocycles. The lowest BCUT2D eigenvalue weighted by atomic mass is 10.1. The summed E-state index contributed by atoms with van der Waals surface area (Å²) in [5.74, 6) is 0.855. The van der Waals surface area contributed by atoms with E-state index in [4.69, 9.17) is 14.2 Å². The number of benzene rings is 2. The molecule has 2 rings (SSSR count). The number of nitrogens with zero attached hydrogens (tertiary/aromatic N) is 1. The molecule has 6 nitrogen and oxygen atoms in total. The molecule has 0 amide bonds. The van der Waals surface area contributed by atoms with Crippen LogP contribution in [0.25, 0.3) is 6.08 Å². The van der Waals surface area contributed by atoms with Crippen LogP contribution in [0.4, 0.5) is 0 Å². The van der Waals surface area contributed by atoms with Crippen molar-refractivity contribution in [1.82, 2.24) is 0 Å². The van der Waals surface area contributed by atoms with E-state index in [1.54, 1.807) is 42.5 Å². The summed E-state index contributed by atoms with van der Waals surface area (Å²) in [5.41, 5.74) is 0.921. The fraction of sp³-hybridized carbons (Fsp3) is 0.211. The van der Waals surface area contributed by atoms with Gasteiger partial charge in [0.1, 0.15) is 28.2 Å². The van der Waals surface area contributed by atoms with Crippen LogP contribution in [-0.2, 0) is 15.6 Å². The first-order valence-corrected chi connectivity index (χ1v) is 10.2. The normalized spacial score (nSPS) is 11.6. The van der Waals surface area contributed by atoms with Gasteiger partial charge in [0, 0.05) is 16.6 Å². The Balaban J connectivity index is 2.51. The van der Waals surface area contributed by atoms with Crippen LogP contribution in [0.5, 0.6) is 17.2 Å². The molecule has 0 atom stereocenters. The van der Waals surface area contributed by atoms with Gasteiger partial charge in [0.05, 0.1) is 32.6 Å². The SMILES string of the molecule is COc1cc(OC)c(C=C(C#N)S(=O)(=O)Cc2ccc(Br)cc2)c(OC)c1. The fourth-order valence-electron chi connectivity index (χ4n) is 2.38. The number of ether oxygens (including phenoxy) is 3. The zero-order chi connectivity index (χ0) is 20.0. The van der Waals surface area contributed by atoms with E-state index in [1.807, 2.05) is 0 Å². The summed E-state index contributed by atoms with van der Waals surface area (Å²) in [6.45, 7) is 0. The van der Waals surface area contributed by atoms with Crippen molar-refractivity contribution in [2.24, 2.45) is 0 Å². The molecular weight excluding hydrogens is 434 g/mol. The van der Waals surface area contributed by atoms with E-state index in [0.717, 1.165) is 4.47 Å². The van der Waals surface area contributed by atoms with E-state index in [-0.39, 0.29) is 10.7 Å². The van der Waals surface area contributed by atoms with Gasteiger partial charge in [-0.15, -0.1) is 0 Å². The lowest BCUT2D eigenvalue weighted by Crippen LogP contribution is -2.07. The average molecular weight is 452 g/mol. The summed E-state index contributed by atoms with van der Waals surface area (Å²) < 4.78 is 42.1. The third-order valence-electron chi connectivity index (χ3n) is 3.74. The molecule has 27 heavy (non-hydrogen) atoms. The predicted octanol–water partition coefficient (Wildman–Crippen LogP) is 3.95. The minimum Gasteiger partial charge on any atom is -0.496 e. The Hall–Kier alpha value is -2.50. The number of hydrogen-bond donors (Lipinski definition) is 0. The smallest absolute Gasteiger partial charge is 0.192 e. The monoisotopic (exact) mass is 451 g/mol. The average Bonchev–Trinajstić information content (AvgIpc) is 2.66. The molecule has 0 unspecified atom stereocenters. The summed E-state index contributed by atoms with van der Waals surface area (Å²) in [4.78, 5) is -0.382. The van der Waals surface area contributed by atoms with Crippen molar-refractivity contribution in [1.29, 1.82) is 5.26 Å². The summed E-state index contributed by atoms with van der Waals surface area (Å²) >= 11 is 3.30. The Kier molecular flexibility index (Phi) is 6.88. The van der Waals surface area contributed by atoms with Gasteiger partial charge in [-0.1, -0.05) is 28.1 Å². The highest BCUT2D eigenvalue weighted by molar-refractivity contribution is 9.10. The lowest BCUT2D eigenvalue weighted by molar-refractivity contribution is 0.374. The molecule has 0 fully saturated rings. The van der Waals surface area contributed by atoms with Crippen molar-refractivity contribution in [3.05, 3.63) is 56.9 Å². The molecule has 0 aromatic heterocycles. The van der Waals surface area contributed by atoms with Crippen molar-refractivity contribution in [2.45, 2.75) is 5.75 Å². The van der Waals surface area contributed by atoms with Crippen LogP contribution < -0.4 is 14.2 Å². The number of nitriles is 1. The Morgan fingerprint density at radius 3 is 2.07 bits per heavy atom. The van der Waals surface area contributed by atoms with Gasteiger partial charge < -0.3 is 14.2 Å². The third kappa shape index (κ3) is 5.02. The second-order valence-electron chi connectivity index (χ2n) is 5.45. The molecule has 8 heteroatoms. The van der Waals surface area contributed by atoms with Crippen molar-refractivity contribution >= 4 is 31.8 Å². The third-order valence-corrected chi connectivity index (χ3v) is 5.87. The van der Waals surface area contributed by atoms with Gasteiger partial charge in [-0.3, -0.25) is 0 Å². The summed E-state index contributed by atoms with van der Waals surface area (Å²) in [5, 5.41) is 9.46. The second-order valence-corrected chi connectivity index (χ2v) is 8.33. The van der Waals surface area contributed by atoms with Crippen molar-refractivity contribution in [3.63, 3.8) is 0 Å². The highest BCUT2D eigenvalue weighted by Crippen LogP contribution is 2.36. The predicted molar refractivity (Wildman–Crippen MR) is 106 cm³/mol. The van der Waals surface area contributed by atoms with Gasteiger partial charge in [0.25, 0.3) is 0 Å². The Morgan fingerprint density at radius 2 is 1.63 bits per heavy atom. The quantitative estimate of drug-likeness (QED) is 0.592. The van der Waals surface area contributed by atoms with Gasteiger partial charge in [-0.05, 0) is 23.8 Å². The molecule has 0 bridgehead atoms. The molecule has 2 aromatic rings. The number of sulfone groups is 1. The van der Waals surface area contributed by atoms with E-state index in [2.05, 4.69) is 15.9 Å². The highest BCUT2D eigenvalue weighted by Gasteiger charge is 2.21. The zero-order valence-corrected chi connectivity index (χ0v) is 17.4. The molecule has 0 saturated carbocycles. The second kappa shape index (κ2) is 8.93. The maximum Gasteiger partial charge on any atom is 0.192 e. The Morgan fingerprint density at radius 1 is 1.07 bits per heavy atom. The molecule has 0 aliphatic carbocycles. The number of rotatable bonds is 7. The summed E-state index contributed by atoms with van der Waals surface area (Å²) in [6, 6.07) is 11.8. The van der Waals surface area contributed by atoms with E-state index < -0.39 is 9.84 Å². The standard InChI is InChI=1S/C19H18BrNO5S/c1-24-15-8-18(25-2)17(19(9-15)26-3)10-16(11-21)27(22,23)12-13-4-6-14(20)7-5-13/h4-10H,12H2,1-3H3. The number of hydrogen-bond acceptors (Lipinski definition) is 6. The minimum atomic E-state index is -3.86.